The number of nitrogens with one attached hydrogen (secondary N) is 2. The molecule has 1 heterocycles. The summed E-state index contributed by atoms with van der Waals surface area (Å²) in [5.74, 6) is 1.82. The van der Waals surface area contributed by atoms with Crippen molar-refractivity contribution >= 4 is 6.03 Å². The van der Waals surface area contributed by atoms with Crippen molar-refractivity contribution in [3.05, 3.63) is 30.1 Å². The van der Waals surface area contributed by atoms with Gasteiger partial charge in [0.15, 0.2) is 0 Å². The molecule has 0 aromatic carbocycles. The summed E-state index contributed by atoms with van der Waals surface area (Å²) in [5.41, 5.74) is 1.21. The van der Waals surface area contributed by atoms with E-state index < -0.39 is 0 Å². The summed E-state index contributed by atoms with van der Waals surface area (Å²) in [4.78, 5) is 16.0. The zero-order valence-corrected chi connectivity index (χ0v) is 12.6. The highest BCUT2D eigenvalue weighted by molar-refractivity contribution is 5.74. The van der Waals surface area contributed by atoms with E-state index in [0.717, 1.165) is 24.7 Å². The molecule has 4 heteroatoms. The zero-order valence-electron chi connectivity index (χ0n) is 12.6. The van der Waals surface area contributed by atoms with E-state index in [2.05, 4.69) is 15.6 Å². The van der Waals surface area contributed by atoms with E-state index in [-0.39, 0.29) is 6.03 Å². The lowest BCUT2D eigenvalue weighted by molar-refractivity contribution is 0.221. The quantitative estimate of drug-likeness (QED) is 0.875. The maximum atomic E-state index is 12.0. The lowest BCUT2D eigenvalue weighted by atomic mass is 9.83. The van der Waals surface area contributed by atoms with Gasteiger partial charge in [0.2, 0.25) is 0 Å². The number of nitrogens with zero attached hydrogens (tertiary/aromatic N) is 1. The Morgan fingerprint density at radius 2 is 1.95 bits per heavy atom. The Kier molecular flexibility index (Phi) is 4.73. The molecule has 0 unspecified atom stereocenters. The van der Waals surface area contributed by atoms with Gasteiger partial charge in [0.1, 0.15) is 0 Å². The first-order valence-corrected chi connectivity index (χ1v) is 8.24. The SMILES string of the molecule is O=C(NCCc1ccncc1)N[C@H]1CCC[C@@H](C2CC2)C1. The van der Waals surface area contributed by atoms with Gasteiger partial charge in [-0.2, -0.15) is 0 Å². The molecule has 0 radical (unpaired) electrons. The predicted molar refractivity (Wildman–Crippen MR) is 82.9 cm³/mol. The first-order valence-electron chi connectivity index (χ1n) is 8.24. The van der Waals surface area contributed by atoms with Crippen LogP contribution < -0.4 is 10.6 Å². The van der Waals surface area contributed by atoms with Crippen LogP contribution in [0.5, 0.6) is 0 Å². The van der Waals surface area contributed by atoms with Crippen LogP contribution in [-0.2, 0) is 6.42 Å². The molecule has 2 amide bonds. The minimum Gasteiger partial charge on any atom is -0.338 e. The van der Waals surface area contributed by atoms with Gasteiger partial charge < -0.3 is 10.6 Å². The molecule has 21 heavy (non-hydrogen) atoms. The van der Waals surface area contributed by atoms with Crippen LogP contribution in [0.15, 0.2) is 24.5 Å². The Hall–Kier alpha value is -1.58. The van der Waals surface area contributed by atoms with Crippen molar-refractivity contribution in [2.75, 3.05) is 6.54 Å². The van der Waals surface area contributed by atoms with Gasteiger partial charge in [0.25, 0.3) is 0 Å². The van der Waals surface area contributed by atoms with Crippen molar-refractivity contribution in [3.63, 3.8) is 0 Å². The van der Waals surface area contributed by atoms with Gasteiger partial charge in [-0.1, -0.05) is 12.8 Å². The normalized spacial score (nSPS) is 25.3. The number of hydrogen-bond acceptors (Lipinski definition) is 2. The maximum absolute atomic E-state index is 12.0. The molecule has 2 fully saturated rings. The molecule has 0 spiro atoms. The molecule has 1 aromatic rings. The second-order valence-corrected chi connectivity index (χ2v) is 6.47. The number of aromatic nitrogens is 1. The summed E-state index contributed by atoms with van der Waals surface area (Å²) in [6.45, 7) is 0.675. The summed E-state index contributed by atoms with van der Waals surface area (Å²) in [6.07, 6.45) is 12.2. The van der Waals surface area contributed by atoms with E-state index >= 15 is 0 Å². The summed E-state index contributed by atoms with van der Waals surface area (Å²) in [6, 6.07) is 4.35. The fourth-order valence-corrected chi connectivity index (χ4v) is 3.46. The zero-order chi connectivity index (χ0) is 14.5. The minimum atomic E-state index is -0.00879. The predicted octanol–water partition coefficient (Wildman–Crippen LogP) is 2.89. The number of rotatable bonds is 5. The summed E-state index contributed by atoms with van der Waals surface area (Å²) in [5, 5.41) is 6.12. The summed E-state index contributed by atoms with van der Waals surface area (Å²) in [7, 11) is 0. The topological polar surface area (TPSA) is 54.0 Å². The molecule has 2 N–H and O–H groups in total. The standard InChI is InChI=1S/C17H25N3O/c21-17(19-11-8-13-6-9-18-10-7-13)20-16-3-1-2-15(12-16)14-4-5-14/h6-7,9-10,14-16H,1-5,8,11-12H2,(H2,19,20,21)/t15-,16+/m1/s1. The molecule has 1 aromatic heterocycles. The first-order chi connectivity index (χ1) is 10.3. The average Bonchev–Trinajstić information content (AvgIpc) is 3.33. The Morgan fingerprint density at radius 3 is 2.71 bits per heavy atom. The van der Waals surface area contributed by atoms with Crippen LogP contribution in [0, 0.1) is 11.8 Å². The third kappa shape index (κ3) is 4.45. The van der Waals surface area contributed by atoms with Crippen LogP contribution in [0.1, 0.15) is 44.1 Å². The number of carbonyl (C=O) groups is 1. The van der Waals surface area contributed by atoms with Gasteiger partial charge in [0.05, 0.1) is 0 Å². The van der Waals surface area contributed by atoms with Crippen molar-refractivity contribution in [2.45, 2.75) is 51.0 Å². The highest BCUT2D eigenvalue weighted by atomic mass is 16.2. The lowest BCUT2D eigenvalue weighted by Crippen LogP contribution is -2.44. The molecule has 2 saturated carbocycles. The fourth-order valence-electron chi connectivity index (χ4n) is 3.46. The molecule has 0 aliphatic heterocycles. The fraction of sp³-hybridized carbons (Fsp3) is 0.647. The third-order valence-electron chi connectivity index (χ3n) is 4.79. The molecule has 3 rings (SSSR count). The van der Waals surface area contributed by atoms with Crippen molar-refractivity contribution in [1.82, 2.24) is 15.6 Å². The molecule has 0 saturated heterocycles. The highest BCUT2D eigenvalue weighted by Crippen LogP contribution is 2.43. The van der Waals surface area contributed by atoms with Crippen molar-refractivity contribution in [3.8, 4) is 0 Å². The van der Waals surface area contributed by atoms with Crippen LogP contribution in [0.2, 0.25) is 0 Å². The molecular formula is C17H25N3O. The first kappa shape index (κ1) is 14.4. The second-order valence-electron chi connectivity index (χ2n) is 6.47. The Labute approximate surface area is 126 Å². The van der Waals surface area contributed by atoms with Gasteiger partial charge in [-0.25, -0.2) is 4.79 Å². The summed E-state index contributed by atoms with van der Waals surface area (Å²) < 4.78 is 0. The van der Waals surface area contributed by atoms with Crippen LogP contribution in [0.25, 0.3) is 0 Å². The molecule has 2 aliphatic carbocycles. The van der Waals surface area contributed by atoms with E-state index in [1.807, 2.05) is 12.1 Å². The van der Waals surface area contributed by atoms with Crippen LogP contribution >= 0.6 is 0 Å². The minimum absolute atomic E-state index is 0.00879. The second kappa shape index (κ2) is 6.92. The molecule has 0 bridgehead atoms. The van der Waals surface area contributed by atoms with Crippen molar-refractivity contribution < 1.29 is 4.79 Å². The number of urea groups is 1. The smallest absolute Gasteiger partial charge is 0.315 e. The monoisotopic (exact) mass is 287 g/mol. The van der Waals surface area contributed by atoms with Gasteiger partial charge in [-0.3, -0.25) is 4.98 Å². The Bertz CT molecular complexity index is 458. The maximum Gasteiger partial charge on any atom is 0.315 e. The van der Waals surface area contributed by atoms with Gasteiger partial charge in [0, 0.05) is 25.0 Å². The number of carbonyl (C=O) groups excluding carboxylic acids is 1. The van der Waals surface area contributed by atoms with Crippen LogP contribution in [0.4, 0.5) is 4.79 Å². The molecule has 114 valence electrons. The van der Waals surface area contributed by atoms with Crippen LogP contribution in [-0.4, -0.2) is 23.6 Å². The molecule has 2 aliphatic rings. The van der Waals surface area contributed by atoms with E-state index in [0.29, 0.717) is 12.6 Å². The highest BCUT2D eigenvalue weighted by Gasteiger charge is 2.34. The van der Waals surface area contributed by atoms with E-state index in [9.17, 15) is 4.79 Å². The Balaban J connectivity index is 1.35. The lowest BCUT2D eigenvalue weighted by Gasteiger charge is -2.29. The van der Waals surface area contributed by atoms with E-state index in [4.69, 9.17) is 0 Å². The third-order valence-corrected chi connectivity index (χ3v) is 4.79. The molecular weight excluding hydrogens is 262 g/mol. The van der Waals surface area contributed by atoms with E-state index in [1.54, 1.807) is 12.4 Å². The average molecular weight is 287 g/mol. The van der Waals surface area contributed by atoms with E-state index in [1.165, 1.54) is 37.7 Å². The number of amides is 2. The van der Waals surface area contributed by atoms with Crippen molar-refractivity contribution in [1.29, 1.82) is 0 Å². The van der Waals surface area contributed by atoms with Gasteiger partial charge in [-0.05, 0) is 61.6 Å². The van der Waals surface area contributed by atoms with Gasteiger partial charge >= 0.3 is 6.03 Å². The Morgan fingerprint density at radius 1 is 1.14 bits per heavy atom. The number of hydrogen-bond donors (Lipinski definition) is 2. The molecule has 4 nitrogen and oxygen atoms in total. The largest absolute Gasteiger partial charge is 0.338 e. The summed E-state index contributed by atoms with van der Waals surface area (Å²) >= 11 is 0. The van der Waals surface area contributed by atoms with Crippen LogP contribution in [0.3, 0.4) is 0 Å². The number of pyridine rings is 1. The van der Waals surface area contributed by atoms with Gasteiger partial charge in [-0.15, -0.1) is 0 Å². The molecule has 2 atom stereocenters. The van der Waals surface area contributed by atoms with Crippen molar-refractivity contribution in [2.24, 2.45) is 11.8 Å².